The molecule has 2 saturated heterocycles. The fraction of sp³-hybridized carbons (Fsp3) is 0.591. The second-order valence-corrected chi connectivity index (χ2v) is 26.7. The molecule has 0 aliphatic carbocycles. The molecule has 362 valence electrons. The summed E-state index contributed by atoms with van der Waals surface area (Å²) in [6, 6.07) is 2.88. The first kappa shape index (κ1) is 54.4. The van der Waals surface area contributed by atoms with E-state index in [0.717, 1.165) is 55.4 Å². The van der Waals surface area contributed by atoms with Crippen LogP contribution in [0.2, 0.25) is 39.3 Å². The van der Waals surface area contributed by atoms with Crippen molar-refractivity contribution in [2.24, 2.45) is 0 Å². The molecular formula is C44H58O20Si2. The first-order chi connectivity index (χ1) is 30.5. The number of hydrogen-bond acceptors (Lipinski definition) is 20. The van der Waals surface area contributed by atoms with E-state index < -0.39 is 139 Å². The lowest BCUT2D eigenvalue weighted by Gasteiger charge is -2.44. The predicted octanol–water partition coefficient (Wildman–Crippen LogP) is 3.07. The minimum absolute atomic E-state index is 0.0320. The number of carbonyl (C=O) groups is 8. The molecule has 0 saturated carbocycles. The zero-order chi connectivity index (χ0) is 49.8. The summed E-state index contributed by atoms with van der Waals surface area (Å²) in [6.07, 6.45) is -15.2. The maximum Gasteiger partial charge on any atom is 0.303 e. The average Bonchev–Trinajstić information content (AvgIpc) is 3.15. The molecule has 2 aliphatic rings. The molecule has 1 aromatic rings. The highest BCUT2D eigenvalue weighted by molar-refractivity contribution is 6.84. The van der Waals surface area contributed by atoms with Crippen LogP contribution in [0.25, 0.3) is 0 Å². The molecule has 0 spiro atoms. The Morgan fingerprint density at radius 1 is 0.439 bits per heavy atom. The van der Waals surface area contributed by atoms with Crippen LogP contribution in [0.15, 0.2) is 12.1 Å². The van der Waals surface area contributed by atoms with E-state index in [-0.39, 0.29) is 22.6 Å². The average molecular weight is 963 g/mol. The highest BCUT2D eigenvalue weighted by Crippen LogP contribution is 2.37. The lowest BCUT2D eigenvalue weighted by molar-refractivity contribution is -0.289. The van der Waals surface area contributed by atoms with E-state index in [4.69, 9.17) is 56.8 Å². The van der Waals surface area contributed by atoms with Crippen molar-refractivity contribution >= 4 is 63.9 Å². The molecule has 22 heteroatoms. The van der Waals surface area contributed by atoms with Gasteiger partial charge < -0.3 is 56.8 Å². The topological polar surface area (TPSA) is 247 Å². The molecule has 2 aliphatic heterocycles. The third-order valence-electron chi connectivity index (χ3n) is 8.61. The lowest BCUT2D eigenvalue weighted by atomic mass is 9.97. The van der Waals surface area contributed by atoms with Crippen molar-refractivity contribution in [3.63, 3.8) is 0 Å². The molecule has 0 unspecified atom stereocenters. The summed E-state index contributed by atoms with van der Waals surface area (Å²) in [7, 11) is -4.40. The molecule has 2 fully saturated rings. The largest absolute Gasteiger partial charge is 0.463 e. The molecule has 0 aromatic heterocycles. The standard InChI is InChI=1S/C44H58O20Si2/c1-23(45)53-21-35-37(55-25(3)47)39(57-27(5)49)41(59-29(7)51)43(63-35)61-33-19-32(16-18-66(12,13)14)34(20-31(33)15-17-65(9,10)11)62-44-42(60-30(8)52)40(58-28(6)50)38(56-26(4)48)36(64-44)22-54-24(2)46/h19-20,35-44H,21-22H2,1-14H3/t35-,36-,37-,38-,39+,40+,41-,42-,43-,44-/m1/s1. The van der Waals surface area contributed by atoms with Crippen molar-refractivity contribution in [3.05, 3.63) is 23.3 Å². The van der Waals surface area contributed by atoms with Gasteiger partial charge in [-0.3, -0.25) is 38.4 Å². The molecule has 0 radical (unpaired) electrons. The van der Waals surface area contributed by atoms with E-state index >= 15 is 0 Å². The molecule has 1 aromatic carbocycles. The zero-order valence-corrected chi connectivity index (χ0v) is 41.5. The Bertz CT molecular complexity index is 1990. The van der Waals surface area contributed by atoms with Gasteiger partial charge >= 0.3 is 47.8 Å². The minimum Gasteiger partial charge on any atom is -0.463 e. The van der Waals surface area contributed by atoms with Crippen molar-refractivity contribution in [1.82, 2.24) is 0 Å². The smallest absolute Gasteiger partial charge is 0.303 e. The molecule has 10 atom stereocenters. The SMILES string of the molecule is CC(=O)OC[C@H]1O[C@@H](Oc2cc(C#C[Si](C)(C)C)c(O[C@@H]3O[C@H](COC(C)=O)[C@@H](OC(C)=O)[C@H](OC(C)=O)[C@H]3OC(C)=O)cc2C#C[Si](C)(C)C)[C@H](OC(C)=O)[C@@H](OC(C)=O)[C@@H]1OC(C)=O. The van der Waals surface area contributed by atoms with Crippen LogP contribution < -0.4 is 9.47 Å². The van der Waals surface area contributed by atoms with Crippen molar-refractivity contribution in [2.45, 2.75) is 156 Å². The fourth-order valence-electron chi connectivity index (χ4n) is 6.28. The third-order valence-corrected chi connectivity index (χ3v) is 10.4. The van der Waals surface area contributed by atoms with Gasteiger partial charge in [0.2, 0.25) is 24.8 Å². The Kier molecular flexibility index (Phi) is 19.4. The first-order valence-corrected chi connectivity index (χ1v) is 27.7. The summed E-state index contributed by atoms with van der Waals surface area (Å²) in [5, 5.41) is 0. The Labute approximate surface area is 385 Å². The molecule has 2 heterocycles. The highest BCUT2D eigenvalue weighted by atomic mass is 28.3. The van der Waals surface area contributed by atoms with Crippen LogP contribution in [0.3, 0.4) is 0 Å². The van der Waals surface area contributed by atoms with E-state index in [9.17, 15) is 38.4 Å². The Balaban J connectivity index is 2.39. The van der Waals surface area contributed by atoms with Gasteiger partial charge in [0, 0.05) is 67.5 Å². The minimum atomic E-state index is -2.20. The van der Waals surface area contributed by atoms with Gasteiger partial charge in [0.25, 0.3) is 0 Å². The van der Waals surface area contributed by atoms with Crippen LogP contribution in [-0.4, -0.2) is 139 Å². The second-order valence-electron chi connectivity index (χ2n) is 17.2. The highest BCUT2D eigenvalue weighted by Gasteiger charge is 2.55. The van der Waals surface area contributed by atoms with Gasteiger partial charge in [0.05, 0.1) is 11.1 Å². The van der Waals surface area contributed by atoms with Gasteiger partial charge in [-0.15, -0.1) is 11.1 Å². The summed E-state index contributed by atoms with van der Waals surface area (Å²) in [6.45, 7) is 19.6. The van der Waals surface area contributed by atoms with Crippen LogP contribution in [0, 0.1) is 22.9 Å². The van der Waals surface area contributed by atoms with Crippen molar-refractivity contribution in [3.8, 4) is 34.4 Å². The number of hydrogen-bond donors (Lipinski definition) is 0. The summed E-state index contributed by atoms with van der Waals surface area (Å²) < 4.78 is 69.4. The summed E-state index contributed by atoms with van der Waals surface area (Å²) >= 11 is 0. The molecule has 3 rings (SSSR count). The molecule has 0 bridgehead atoms. The summed E-state index contributed by atoms with van der Waals surface area (Å²) in [5.74, 6) is -0.317. The van der Waals surface area contributed by atoms with Gasteiger partial charge in [-0.05, 0) is 0 Å². The number of rotatable bonds is 14. The normalized spacial score (nSPS) is 24.8. The Morgan fingerprint density at radius 2 is 0.712 bits per heavy atom. The monoisotopic (exact) mass is 962 g/mol. The van der Waals surface area contributed by atoms with Crippen LogP contribution in [0.1, 0.15) is 66.5 Å². The number of benzene rings is 1. The van der Waals surface area contributed by atoms with E-state index in [1.165, 1.54) is 12.1 Å². The molecule has 20 nitrogen and oxygen atoms in total. The Hall–Kier alpha value is -5.95. The van der Waals surface area contributed by atoms with Gasteiger partial charge in [0.15, 0.2) is 24.4 Å². The maximum atomic E-state index is 12.6. The quantitative estimate of drug-likeness (QED) is 0.112. The third kappa shape index (κ3) is 17.5. The lowest BCUT2D eigenvalue weighted by Crippen LogP contribution is -2.63. The summed E-state index contributed by atoms with van der Waals surface area (Å²) in [5.41, 5.74) is 6.76. The molecular weight excluding hydrogens is 905 g/mol. The summed E-state index contributed by atoms with van der Waals surface area (Å²) in [4.78, 5) is 99.0. The first-order valence-electron chi connectivity index (χ1n) is 20.7. The van der Waals surface area contributed by atoms with E-state index in [0.29, 0.717) is 0 Å². The van der Waals surface area contributed by atoms with E-state index in [1.54, 1.807) is 0 Å². The van der Waals surface area contributed by atoms with Crippen LogP contribution in [-0.2, 0) is 85.7 Å². The second kappa shape index (κ2) is 23.5. The van der Waals surface area contributed by atoms with Crippen LogP contribution in [0.4, 0.5) is 0 Å². The van der Waals surface area contributed by atoms with Gasteiger partial charge in [-0.25, -0.2) is 0 Å². The van der Waals surface area contributed by atoms with E-state index in [1.807, 2.05) is 39.3 Å². The fourth-order valence-corrected chi connectivity index (χ4v) is 7.30. The van der Waals surface area contributed by atoms with Crippen molar-refractivity contribution in [1.29, 1.82) is 0 Å². The van der Waals surface area contributed by atoms with Crippen molar-refractivity contribution in [2.75, 3.05) is 13.2 Å². The maximum absolute atomic E-state index is 12.6. The predicted molar refractivity (Wildman–Crippen MR) is 232 cm³/mol. The van der Waals surface area contributed by atoms with E-state index in [2.05, 4.69) is 22.9 Å². The van der Waals surface area contributed by atoms with Gasteiger partial charge in [-0.1, -0.05) is 51.1 Å². The van der Waals surface area contributed by atoms with Crippen LogP contribution in [0.5, 0.6) is 11.5 Å². The van der Waals surface area contributed by atoms with Crippen LogP contribution >= 0.6 is 0 Å². The molecule has 0 N–H and O–H groups in total. The molecule has 0 amide bonds. The molecule has 66 heavy (non-hydrogen) atoms. The number of ether oxygens (including phenoxy) is 12. The Morgan fingerprint density at radius 3 is 0.970 bits per heavy atom. The number of esters is 8. The van der Waals surface area contributed by atoms with Gasteiger partial charge in [0.1, 0.15) is 53.1 Å². The zero-order valence-electron chi connectivity index (χ0n) is 39.5. The van der Waals surface area contributed by atoms with Crippen molar-refractivity contribution < 1.29 is 95.2 Å². The van der Waals surface area contributed by atoms with Gasteiger partial charge in [-0.2, -0.15) is 0 Å². The number of carbonyl (C=O) groups excluding carboxylic acids is 8.